The third-order valence-corrected chi connectivity index (χ3v) is 3.23. The third-order valence-electron chi connectivity index (χ3n) is 3.23. The Morgan fingerprint density at radius 3 is 2.67 bits per heavy atom. The Morgan fingerprint density at radius 2 is 2.00 bits per heavy atom. The normalized spacial score (nSPS) is 10.5. The van der Waals surface area contributed by atoms with Crippen LogP contribution in [0, 0.1) is 18.6 Å². The molecule has 0 spiro atoms. The third kappa shape index (κ3) is 3.44. The van der Waals surface area contributed by atoms with Crippen molar-refractivity contribution in [3.05, 3.63) is 70.3 Å². The van der Waals surface area contributed by atoms with E-state index in [9.17, 15) is 13.6 Å². The average molecular weight is 290 g/mol. The maximum Gasteiger partial charge on any atom is 0.254 e. The highest BCUT2D eigenvalue weighted by Crippen LogP contribution is 2.13. The second-order valence-corrected chi connectivity index (χ2v) is 4.75. The van der Waals surface area contributed by atoms with Crippen molar-refractivity contribution in [2.75, 3.05) is 0 Å². The number of nitrogens with one attached hydrogen (secondary N) is 1. The maximum atomic E-state index is 13.8. The molecule has 2 rings (SSSR count). The van der Waals surface area contributed by atoms with Crippen LogP contribution < -0.4 is 11.1 Å². The van der Waals surface area contributed by atoms with E-state index in [-0.39, 0.29) is 18.7 Å². The van der Waals surface area contributed by atoms with Crippen molar-refractivity contribution in [3.63, 3.8) is 0 Å². The Bertz CT molecular complexity index is 671. The van der Waals surface area contributed by atoms with Crippen LogP contribution in [0.1, 0.15) is 27.0 Å². The van der Waals surface area contributed by atoms with Gasteiger partial charge in [-0.15, -0.1) is 0 Å². The van der Waals surface area contributed by atoms with Gasteiger partial charge in [-0.05, 0) is 30.2 Å². The fourth-order valence-corrected chi connectivity index (χ4v) is 1.95. The predicted octanol–water partition coefficient (Wildman–Crippen LogP) is 2.66. The molecule has 1 amide bonds. The summed E-state index contributed by atoms with van der Waals surface area (Å²) in [5, 5.41) is 2.51. The second kappa shape index (κ2) is 6.45. The summed E-state index contributed by atoms with van der Waals surface area (Å²) >= 11 is 0. The van der Waals surface area contributed by atoms with E-state index in [1.807, 2.05) is 0 Å². The summed E-state index contributed by atoms with van der Waals surface area (Å²) in [6.45, 7) is 1.82. The number of hydrogen-bond donors (Lipinski definition) is 2. The number of amides is 1. The Hall–Kier alpha value is -2.27. The van der Waals surface area contributed by atoms with Crippen LogP contribution in [0.2, 0.25) is 0 Å². The molecule has 110 valence electrons. The summed E-state index contributed by atoms with van der Waals surface area (Å²) in [6, 6.07) is 9.16. The minimum Gasteiger partial charge on any atom is -0.348 e. The lowest BCUT2D eigenvalue weighted by Gasteiger charge is -2.09. The number of hydrogen-bond acceptors (Lipinski definition) is 2. The molecule has 5 heteroatoms. The van der Waals surface area contributed by atoms with Crippen molar-refractivity contribution < 1.29 is 13.6 Å². The first-order valence-corrected chi connectivity index (χ1v) is 6.53. The highest BCUT2D eigenvalue weighted by Gasteiger charge is 2.13. The van der Waals surface area contributed by atoms with Gasteiger partial charge < -0.3 is 11.1 Å². The minimum absolute atomic E-state index is 0.0110. The summed E-state index contributed by atoms with van der Waals surface area (Å²) in [5.41, 5.74) is 6.76. The van der Waals surface area contributed by atoms with Gasteiger partial charge in [0.25, 0.3) is 5.91 Å². The van der Waals surface area contributed by atoms with Gasteiger partial charge in [0.15, 0.2) is 0 Å². The molecule has 2 aromatic carbocycles. The van der Waals surface area contributed by atoms with E-state index < -0.39 is 17.5 Å². The zero-order chi connectivity index (χ0) is 15.4. The average Bonchev–Trinajstić information content (AvgIpc) is 2.48. The van der Waals surface area contributed by atoms with Crippen molar-refractivity contribution in [2.24, 2.45) is 5.73 Å². The van der Waals surface area contributed by atoms with Crippen molar-refractivity contribution in [1.29, 1.82) is 0 Å². The zero-order valence-electron chi connectivity index (χ0n) is 11.6. The van der Waals surface area contributed by atoms with Gasteiger partial charge in [-0.1, -0.05) is 24.3 Å². The van der Waals surface area contributed by atoms with Gasteiger partial charge in [0.1, 0.15) is 11.6 Å². The number of rotatable bonds is 4. The number of carbonyl (C=O) groups is 1. The fraction of sp³-hybridized carbons (Fsp3) is 0.188. The molecule has 0 aliphatic rings. The number of benzene rings is 2. The quantitative estimate of drug-likeness (QED) is 0.909. The first-order valence-electron chi connectivity index (χ1n) is 6.53. The molecule has 2 aromatic rings. The molecule has 0 fully saturated rings. The smallest absolute Gasteiger partial charge is 0.254 e. The van der Waals surface area contributed by atoms with Crippen molar-refractivity contribution in [1.82, 2.24) is 5.32 Å². The number of aryl methyl sites for hydroxylation is 1. The number of carbonyl (C=O) groups excluding carboxylic acids is 1. The van der Waals surface area contributed by atoms with E-state index >= 15 is 0 Å². The monoisotopic (exact) mass is 290 g/mol. The molecule has 0 aliphatic carbocycles. The van der Waals surface area contributed by atoms with Crippen LogP contribution in [0.25, 0.3) is 0 Å². The highest BCUT2D eigenvalue weighted by atomic mass is 19.1. The Morgan fingerprint density at radius 1 is 1.24 bits per heavy atom. The van der Waals surface area contributed by atoms with E-state index in [1.54, 1.807) is 31.2 Å². The number of nitrogens with two attached hydrogens (primary N) is 1. The van der Waals surface area contributed by atoms with E-state index in [1.165, 1.54) is 12.1 Å². The summed E-state index contributed by atoms with van der Waals surface area (Å²) in [4.78, 5) is 11.9. The van der Waals surface area contributed by atoms with Gasteiger partial charge in [0, 0.05) is 18.7 Å². The van der Waals surface area contributed by atoms with Crippen LogP contribution >= 0.6 is 0 Å². The zero-order valence-corrected chi connectivity index (χ0v) is 11.6. The lowest BCUT2D eigenvalue weighted by Crippen LogP contribution is -2.24. The van der Waals surface area contributed by atoms with Gasteiger partial charge in [0.2, 0.25) is 0 Å². The molecule has 0 radical (unpaired) electrons. The van der Waals surface area contributed by atoms with E-state index in [0.717, 1.165) is 0 Å². The van der Waals surface area contributed by atoms with Crippen LogP contribution in [0.4, 0.5) is 8.78 Å². The molecule has 0 bridgehead atoms. The van der Waals surface area contributed by atoms with Crippen molar-refractivity contribution >= 4 is 5.91 Å². The SMILES string of the molecule is Cc1cccc(C(=O)NCc2ccc(CN)cc2F)c1F. The Labute approximate surface area is 121 Å². The summed E-state index contributed by atoms with van der Waals surface area (Å²) in [7, 11) is 0. The summed E-state index contributed by atoms with van der Waals surface area (Å²) in [6.07, 6.45) is 0. The predicted molar refractivity (Wildman–Crippen MR) is 76.6 cm³/mol. The minimum atomic E-state index is -0.571. The highest BCUT2D eigenvalue weighted by molar-refractivity contribution is 5.94. The standard InChI is InChI=1S/C16H16F2N2O/c1-10-3-2-4-13(15(10)18)16(21)20-9-12-6-5-11(8-19)7-14(12)17/h2-7H,8-9,19H2,1H3,(H,20,21). The topological polar surface area (TPSA) is 55.1 Å². The molecule has 3 nitrogen and oxygen atoms in total. The van der Waals surface area contributed by atoms with Gasteiger partial charge in [-0.3, -0.25) is 4.79 Å². The summed E-state index contributed by atoms with van der Waals surface area (Å²) in [5.74, 6) is -1.57. The lowest BCUT2D eigenvalue weighted by atomic mass is 10.1. The largest absolute Gasteiger partial charge is 0.348 e. The van der Waals surface area contributed by atoms with Gasteiger partial charge in [0.05, 0.1) is 5.56 Å². The molecule has 0 saturated carbocycles. The molecule has 0 unspecified atom stereocenters. The van der Waals surface area contributed by atoms with E-state index in [4.69, 9.17) is 5.73 Å². The molecule has 0 atom stereocenters. The van der Waals surface area contributed by atoms with Gasteiger partial charge in [-0.2, -0.15) is 0 Å². The molecule has 0 aliphatic heterocycles. The van der Waals surface area contributed by atoms with Gasteiger partial charge >= 0.3 is 0 Å². The Kier molecular flexibility index (Phi) is 4.65. The molecule has 3 N–H and O–H groups in total. The number of halogens is 2. The van der Waals surface area contributed by atoms with Crippen molar-refractivity contribution in [2.45, 2.75) is 20.0 Å². The molecule has 0 saturated heterocycles. The van der Waals surface area contributed by atoms with Gasteiger partial charge in [-0.25, -0.2) is 8.78 Å². The lowest BCUT2D eigenvalue weighted by molar-refractivity contribution is 0.0946. The van der Waals surface area contributed by atoms with Crippen LogP contribution in [0.5, 0.6) is 0 Å². The molecular weight excluding hydrogens is 274 g/mol. The van der Waals surface area contributed by atoms with Crippen molar-refractivity contribution in [3.8, 4) is 0 Å². The molecule has 0 aromatic heterocycles. The van der Waals surface area contributed by atoms with E-state index in [0.29, 0.717) is 16.7 Å². The fourth-order valence-electron chi connectivity index (χ4n) is 1.95. The second-order valence-electron chi connectivity index (χ2n) is 4.75. The van der Waals surface area contributed by atoms with Crippen LogP contribution in [0.15, 0.2) is 36.4 Å². The molecule has 0 heterocycles. The first kappa shape index (κ1) is 15.1. The summed E-state index contributed by atoms with van der Waals surface area (Å²) < 4.78 is 27.6. The first-order chi connectivity index (χ1) is 10.0. The van der Waals surface area contributed by atoms with E-state index in [2.05, 4.69) is 5.32 Å². The molecular formula is C16H16F2N2O. The Balaban J connectivity index is 2.09. The van der Waals surface area contributed by atoms with Crippen LogP contribution in [-0.4, -0.2) is 5.91 Å². The van der Waals surface area contributed by atoms with Crippen LogP contribution in [0.3, 0.4) is 0 Å². The van der Waals surface area contributed by atoms with Crippen LogP contribution in [-0.2, 0) is 13.1 Å². The maximum absolute atomic E-state index is 13.8. The molecule has 21 heavy (non-hydrogen) atoms.